The average Bonchev–Trinajstić information content (AvgIpc) is 2.94. The number of alkyl halides is 3. The fourth-order valence-corrected chi connectivity index (χ4v) is 6.09. The van der Waals surface area contributed by atoms with Crippen molar-refractivity contribution in [1.29, 1.82) is 0 Å². The SMILES string of the molecule is O=C1NC(=O)C(c2ccc(Oc3ccc(OC(F)(F)F)cc3)cc2)(N2CC3(COCCN3CC3CNCCO3)C2)C(=O)N1. The number of urea groups is 1. The normalized spacial score (nSPS) is 24.2. The molecule has 4 aliphatic heterocycles. The van der Waals surface area contributed by atoms with Crippen molar-refractivity contribution in [2.45, 2.75) is 23.5 Å². The Bertz CT molecular complexity index is 1340. The van der Waals surface area contributed by atoms with Crippen LogP contribution < -0.4 is 25.4 Å². The molecule has 3 N–H and O–H groups in total. The van der Waals surface area contributed by atoms with Crippen LogP contribution in [0.15, 0.2) is 48.5 Å². The van der Waals surface area contributed by atoms with Crippen LogP contribution in [0.3, 0.4) is 0 Å². The number of nitrogens with one attached hydrogen (secondary N) is 3. The highest BCUT2D eigenvalue weighted by molar-refractivity contribution is 6.22. The summed E-state index contributed by atoms with van der Waals surface area (Å²) < 4.78 is 58.7. The van der Waals surface area contributed by atoms with E-state index < -0.39 is 41.0 Å². The largest absolute Gasteiger partial charge is 0.573 e. The molecule has 1 unspecified atom stereocenters. The highest BCUT2D eigenvalue weighted by Crippen LogP contribution is 2.42. The summed E-state index contributed by atoms with van der Waals surface area (Å²) in [7, 11) is 0. The van der Waals surface area contributed by atoms with Crippen LogP contribution in [0.1, 0.15) is 5.56 Å². The maximum absolute atomic E-state index is 13.5. The van der Waals surface area contributed by atoms with Gasteiger partial charge in [0.25, 0.3) is 11.8 Å². The summed E-state index contributed by atoms with van der Waals surface area (Å²) >= 11 is 0. The Morgan fingerprint density at radius 1 is 0.907 bits per heavy atom. The topological polar surface area (TPSA) is 131 Å². The van der Waals surface area contributed by atoms with Gasteiger partial charge in [-0.3, -0.25) is 30.0 Å². The van der Waals surface area contributed by atoms with Gasteiger partial charge in [-0.25, -0.2) is 4.79 Å². The molecule has 0 bridgehead atoms. The molecule has 12 nitrogen and oxygen atoms in total. The quantitative estimate of drug-likeness (QED) is 0.398. The number of barbiturate groups is 1. The minimum atomic E-state index is -4.81. The number of imide groups is 2. The Morgan fingerprint density at radius 3 is 2.14 bits per heavy atom. The van der Waals surface area contributed by atoms with Gasteiger partial charge >= 0.3 is 12.4 Å². The first-order valence-electron chi connectivity index (χ1n) is 13.8. The summed E-state index contributed by atoms with van der Waals surface area (Å²) in [5.41, 5.74) is -1.96. The fraction of sp³-hybridized carbons (Fsp3) is 0.464. The molecule has 0 aliphatic carbocycles. The van der Waals surface area contributed by atoms with Crippen LogP contribution in [-0.4, -0.2) is 105 Å². The molecule has 0 radical (unpaired) electrons. The predicted octanol–water partition coefficient (Wildman–Crippen LogP) is 1.31. The molecule has 43 heavy (non-hydrogen) atoms. The van der Waals surface area contributed by atoms with E-state index >= 15 is 0 Å². The summed E-state index contributed by atoms with van der Waals surface area (Å²) in [6, 6.07) is 10.1. The van der Waals surface area contributed by atoms with Crippen LogP contribution in [0.25, 0.3) is 0 Å². The molecule has 4 saturated heterocycles. The first kappa shape index (κ1) is 29.3. The number of benzene rings is 2. The Labute approximate surface area is 244 Å². The van der Waals surface area contributed by atoms with Crippen molar-refractivity contribution >= 4 is 17.8 Å². The first-order chi connectivity index (χ1) is 20.6. The number of hydrogen-bond acceptors (Lipinski definition) is 10. The summed E-state index contributed by atoms with van der Waals surface area (Å²) in [6.07, 6.45) is -4.80. The second-order valence-electron chi connectivity index (χ2n) is 10.9. The zero-order chi connectivity index (χ0) is 30.2. The number of nitrogens with zero attached hydrogens (tertiary/aromatic N) is 2. The van der Waals surface area contributed by atoms with Crippen LogP contribution in [0, 0.1) is 0 Å². The van der Waals surface area contributed by atoms with Crippen LogP contribution in [0.5, 0.6) is 17.2 Å². The minimum absolute atomic E-state index is 0.00606. The molecule has 1 atom stereocenters. The highest BCUT2D eigenvalue weighted by atomic mass is 19.4. The van der Waals surface area contributed by atoms with Crippen molar-refractivity contribution in [3.63, 3.8) is 0 Å². The van der Waals surface area contributed by atoms with E-state index in [0.29, 0.717) is 57.3 Å². The highest BCUT2D eigenvalue weighted by Gasteiger charge is 2.64. The summed E-state index contributed by atoms with van der Waals surface area (Å²) in [6.45, 7) is 5.13. The first-order valence-corrected chi connectivity index (χ1v) is 13.8. The van der Waals surface area contributed by atoms with Crippen molar-refractivity contribution in [2.75, 3.05) is 59.1 Å². The van der Waals surface area contributed by atoms with E-state index in [0.717, 1.165) is 25.2 Å². The molecule has 6 rings (SSSR count). The van der Waals surface area contributed by atoms with E-state index in [4.69, 9.17) is 14.2 Å². The van der Waals surface area contributed by atoms with E-state index in [2.05, 4.69) is 25.6 Å². The van der Waals surface area contributed by atoms with Gasteiger partial charge in [-0.2, -0.15) is 0 Å². The Hall–Kier alpha value is -3.76. The van der Waals surface area contributed by atoms with E-state index in [-0.39, 0.29) is 11.9 Å². The Balaban J connectivity index is 1.22. The average molecular weight is 606 g/mol. The molecule has 2 aromatic rings. The standard InChI is InChI=1S/C28H30F3N5O7/c29-28(30,31)43-21-7-5-20(6-8-21)42-19-3-1-18(2-4-19)27(23(37)33-25(39)34-24(27)38)36-15-26(16-36)17-40-12-10-35(26)14-22-13-32-9-11-41-22/h1-8,22,32H,9-17H2,(H2,33,34,37,38,39). The number of carbonyl (C=O) groups excluding carboxylic acids is 3. The monoisotopic (exact) mass is 605 g/mol. The van der Waals surface area contributed by atoms with E-state index in [9.17, 15) is 27.6 Å². The van der Waals surface area contributed by atoms with Crippen molar-refractivity contribution in [1.82, 2.24) is 25.8 Å². The number of likely N-dealkylation sites (tertiary alicyclic amines) is 1. The lowest BCUT2D eigenvalue weighted by molar-refractivity contribution is -0.274. The maximum Gasteiger partial charge on any atom is 0.573 e. The number of ether oxygens (including phenoxy) is 4. The van der Waals surface area contributed by atoms with E-state index in [1.54, 1.807) is 17.0 Å². The van der Waals surface area contributed by atoms with Crippen molar-refractivity contribution in [3.05, 3.63) is 54.1 Å². The predicted molar refractivity (Wildman–Crippen MR) is 142 cm³/mol. The number of amides is 4. The van der Waals surface area contributed by atoms with Crippen LogP contribution in [-0.2, 0) is 24.6 Å². The lowest BCUT2D eigenvalue weighted by Crippen LogP contribution is -2.83. The molecular weight excluding hydrogens is 575 g/mol. The van der Waals surface area contributed by atoms with Gasteiger partial charge in [-0.1, -0.05) is 12.1 Å². The molecule has 15 heteroatoms. The van der Waals surface area contributed by atoms with Gasteiger partial charge in [0.05, 0.1) is 31.5 Å². The number of halogens is 3. The van der Waals surface area contributed by atoms with Gasteiger partial charge in [0, 0.05) is 39.3 Å². The van der Waals surface area contributed by atoms with Gasteiger partial charge < -0.3 is 24.3 Å². The maximum atomic E-state index is 13.5. The molecule has 4 aliphatic rings. The molecule has 2 aromatic carbocycles. The third-order valence-corrected chi connectivity index (χ3v) is 8.10. The van der Waals surface area contributed by atoms with Crippen LogP contribution in [0.4, 0.5) is 18.0 Å². The zero-order valence-corrected chi connectivity index (χ0v) is 22.9. The molecule has 1 spiro atoms. The lowest BCUT2D eigenvalue weighted by Gasteiger charge is -2.62. The van der Waals surface area contributed by atoms with Crippen LogP contribution >= 0.6 is 0 Å². The number of rotatable bonds is 7. The van der Waals surface area contributed by atoms with E-state index in [1.165, 1.54) is 24.3 Å². The van der Waals surface area contributed by atoms with E-state index in [1.807, 2.05) is 0 Å². The van der Waals surface area contributed by atoms with Crippen molar-refractivity contribution < 1.29 is 46.5 Å². The number of morpholine rings is 2. The van der Waals surface area contributed by atoms with Crippen LogP contribution in [0.2, 0.25) is 0 Å². The third-order valence-electron chi connectivity index (χ3n) is 8.10. The minimum Gasteiger partial charge on any atom is -0.457 e. The summed E-state index contributed by atoms with van der Waals surface area (Å²) in [4.78, 5) is 43.1. The molecule has 4 fully saturated rings. The lowest BCUT2D eigenvalue weighted by atomic mass is 9.76. The Morgan fingerprint density at radius 2 is 1.53 bits per heavy atom. The second kappa shape index (κ2) is 11.4. The number of hydrogen-bond donors (Lipinski definition) is 3. The van der Waals surface area contributed by atoms with Crippen molar-refractivity contribution in [3.8, 4) is 17.2 Å². The second-order valence-corrected chi connectivity index (χ2v) is 10.9. The molecule has 0 aromatic heterocycles. The van der Waals surface area contributed by atoms with Gasteiger partial charge in [-0.15, -0.1) is 13.2 Å². The molecule has 0 saturated carbocycles. The third kappa shape index (κ3) is 5.78. The molecule has 4 heterocycles. The molecule has 230 valence electrons. The van der Waals surface area contributed by atoms with Gasteiger partial charge in [0.15, 0.2) is 0 Å². The number of carbonyl (C=O) groups is 3. The molecule has 4 amide bonds. The van der Waals surface area contributed by atoms with Crippen molar-refractivity contribution in [2.24, 2.45) is 0 Å². The smallest absolute Gasteiger partial charge is 0.457 e. The zero-order valence-electron chi connectivity index (χ0n) is 22.9. The summed E-state index contributed by atoms with van der Waals surface area (Å²) in [5.74, 6) is -1.38. The van der Waals surface area contributed by atoms with Gasteiger partial charge in [-0.05, 0) is 42.0 Å². The molecular formula is C28H30F3N5O7. The summed E-state index contributed by atoms with van der Waals surface area (Å²) in [5, 5.41) is 7.82. The fourth-order valence-electron chi connectivity index (χ4n) is 6.09. The van der Waals surface area contributed by atoms with Gasteiger partial charge in [0.2, 0.25) is 5.54 Å². The Kier molecular flexibility index (Phi) is 7.76. The van der Waals surface area contributed by atoms with Gasteiger partial charge in [0.1, 0.15) is 17.2 Å².